The van der Waals surface area contributed by atoms with Gasteiger partial charge in [-0.25, -0.2) is 0 Å². The summed E-state index contributed by atoms with van der Waals surface area (Å²) in [5, 5.41) is 11.2. The Morgan fingerprint density at radius 1 is 1.36 bits per heavy atom. The highest BCUT2D eigenvalue weighted by molar-refractivity contribution is 5.76. The van der Waals surface area contributed by atoms with Crippen molar-refractivity contribution in [3.05, 3.63) is 34.7 Å². The number of ether oxygens (including phenoxy) is 1. The van der Waals surface area contributed by atoms with Crippen molar-refractivity contribution in [1.29, 1.82) is 0 Å². The van der Waals surface area contributed by atoms with E-state index in [2.05, 4.69) is 0 Å². The molecule has 0 aliphatic carbocycles. The molecule has 138 valence electrons. The van der Waals surface area contributed by atoms with Crippen LogP contribution in [0.25, 0.3) is 0 Å². The molecule has 2 unspecified atom stereocenters. The Labute approximate surface area is 148 Å². The molecule has 0 aromatic carbocycles. The lowest BCUT2D eigenvalue weighted by Gasteiger charge is -2.48. The molecule has 2 aliphatic rings. The fourth-order valence-corrected chi connectivity index (χ4v) is 4.19. The van der Waals surface area contributed by atoms with Gasteiger partial charge in [-0.15, -0.1) is 0 Å². The number of pyridine rings is 1. The van der Waals surface area contributed by atoms with Crippen LogP contribution in [-0.2, 0) is 16.1 Å². The number of aromatic nitrogens is 1. The number of piperidine rings is 1. The fourth-order valence-electron chi connectivity index (χ4n) is 4.19. The van der Waals surface area contributed by atoms with Crippen LogP contribution in [0.3, 0.4) is 0 Å². The predicted octanol–water partition coefficient (Wildman–Crippen LogP) is 1.26. The van der Waals surface area contributed by atoms with Crippen LogP contribution in [0, 0.1) is 11.8 Å². The first-order valence-electron chi connectivity index (χ1n) is 9.24. The fraction of sp³-hybridized carbons (Fsp3) is 0.684. The number of likely N-dealkylation sites (tertiary alicyclic amines) is 1. The molecule has 2 saturated heterocycles. The average Bonchev–Trinajstić information content (AvgIpc) is 2.64. The molecular weight excluding hydrogens is 320 g/mol. The van der Waals surface area contributed by atoms with Gasteiger partial charge in [0, 0.05) is 57.4 Å². The maximum Gasteiger partial charge on any atom is 0.250 e. The maximum absolute atomic E-state index is 12.5. The second-order valence-corrected chi connectivity index (χ2v) is 7.35. The highest BCUT2D eigenvalue weighted by atomic mass is 16.5. The topological polar surface area (TPSA) is 71.8 Å². The number of rotatable bonds is 4. The van der Waals surface area contributed by atoms with Crippen LogP contribution in [0.2, 0.25) is 0 Å². The third-order valence-corrected chi connectivity index (χ3v) is 5.88. The minimum Gasteiger partial charge on any atom is -0.389 e. The number of aliphatic hydroxyl groups is 1. The third-order valence-electron chi connectivity index (χ3n) is 5.88. The van der Waals surface area contributed by atoms with Crippen molar-refractivity contribution in [3.8, 4) is 0 Å². The Morgan fingerprint density at radius 3 is 2.80 bits per heavy atom. The lowest BCUT2D eigenvalue weighted by Crippen LogP contribution is -2.57. The van der Waals surface area contributed by atoms with Gasteiger partial charge in [0.25, 0.3) is 5.56 Å². The lowest BCUT2D eigenvalue weighted by atomic mass is 9.70. The summed E-state index contributed by atoms with van der Waals surface area (Å²) in [5.74, 6) is 0.362. The van der Waals surface area contributed by atoms with Crippen molar-refractivity contribution in [1.82, 2.24) is 9.47 Å². The molecule has 6 heteroatoms. The highest BCUT2D eigenvalue weighted by Crippen LogP contribution is 2.39. The van der Waals surface area contributed by atoms with Crippen molar-refractivity contribution in [2.24, 2.45) is 11.8 Å². The monoisotopic (exact) mass is 348 g/mol. The Kier molecular flexibility index (Phi) is 5.59. The van der Waals surface area contributed by atoms with Gasteiger partial charge in [-0.3, -0.25) is 9.59 Å². The standard InChI is InChI=1S/C19H28N2O4/c1-15-14-21(11-8-19(15,24)16-6-12-25-13-7-16)18(23)5-10-20-9-3-2-4-17(20)22/h2-4,9,15-16,24H,5-8,10-14H2,1H3. The molecule has 0 saturated carbocycles. The lowest BCUT2D eigenvalue weighted by molar-refractivity contribution is -0.151. The molecule has 3 heterocycles. The minimum absolute atomic E-state index is 0.0488. The van der Waals surface area contributed by atoms with E-state index < -0.39 is 5.60 Å². The quantitative estimate of drug-likeness (QED) is 0.889. The van der Waals surface area contributed by atoms with Gasteiger partial charge >= 0.3 is 0 Å². The molecule has 1 amide bonds. The number of hydrogen-bond donors (Lipinski definition) is 1. The van der Waals surface area contributed by atoms with Gasteiger partial charge in [0.05, 0.1) is 5.60 Å². The first-order valence-corrected chi connectivity index (χ1v) is 9.24. The van der Waals surface area contributed by atoms with Gasteiger partial charge in [0.15, 0.2) is 0 Å². The smallest absolute Gasteiger partial charge is 0.250 e. The molecule has 25 heavy (non-hydrogen) atoms. The van der Waals surface area contributed by atoms with Crippen molar-refractivity contribution in [2.75, 3.05) is 26.3 Å². The van der Waals surface area contributed by atoms with Crippen molar-refractivity contribution in [2.45, 2.75) is 44.8 Å². The van der Waals surface area contributed by atoms with Gasteiger partial charge in [-0.2, -0.15) is 0 Å². The van der Waals surface area contributed by atoms with E-state index in [0.717, 1.165) is 12.8 Å². The normalized spacial score (nSPS) is 28.1. The number of aryl methyl sites for hydroxylation is 1. The molecule has 2 aliphatic heterocycles. The van der Waals surface area contributed by atoms with Crippen LogP contribution < -0.4 is 5.56 Å². The zero-order valence-electron chi connectivity index (χ0n) is 14.9. The molecule has 2 atom stereocenters. The highest BCUT2D eigenvalue weighted by Gasteiger charge is 2.45. The van der Waals surface area contributed by atoms with E-state index in [1.54, 1.807) is 22.9 Å². The SMILES string of the molecule is CC1CN(C(=O)CCn2ccccc2=O)CCC1(O)C1CCOCC1. The second-order valence-electron chi connectivity index (χ2n) is 7.35. The molecule has 6 nitrogen and oxygen atoms in total. The van der Waals surface area contributed by atoms with Crippen molar-refractivity contribution >= 4 is 5.91 Å². The van der Waals surface area contributed by atoms with Crippen molar-refractivity contribution < 1.29 is 14.6 Å². The molecule has 1 N–H and O–H groups in total. The minimum atomic E-state index is -0.697. The number of nitrogens with zero attached hydrogens (tertiary/aromatic N) is 2. The zero-order valence-corrected chi connectivity index (χ0v) is 14.9. The number of carbonyl (C=O) groups is 1. The van der Waals surface area contributed by atoms with Crippen LogP contribution in [-0.4, -0.2) is 52.4 Å². The van der Waals surface area contributed by atoms with E-state index >= 15 is 0 Å². The number of carbonyl (C=O) groups excluding carboxylic acids is 1. The molecule has 0 bridgehead atoms. The van der Waals surface area contributed by atoms with Gasteiger partial charge in [0.2, 0.25) is 5.91 Å². The Balaban J connectivity index is 1.56. The Hall–Kier alpha value is -1.66. The van der Waals surface area contributed by atoms with Gasteiger partial charge in [0.1, 0.15) is 0 Å². The summed E-state index contributed by atoms with van der Waals surface area (Å²) < 4.78 is 6.97. The van der Waals surface area contributed by atoms with E-state index in [1.807, 2.05) is 11.8 Å². The summed E-state index contributed by atoms with van der Waals surface area (Å²) in [4.78, 5) is 26.1. The van der Waals surface area contributed by atoms with Crippen LogP contribution in [0.5, 0.6) is 0 Å². The molecule has 1 aromatic rings. The molecule has 0 spiro atoms. The molecule has 2 fully saturated rings. The summed E-state index contributed by atoms with van der Waals surface area (Å²) in [6.07, 6.45) is 4.43. The average molecular weight is 348 g/mol. The van der Waals surface area contributed by atoms with E-state index in [4.69, 9.17) is 4.74 Å². The zero-order chi connectivity index (χ0) is 17.9. The molecule has 0 radical (unpaired) electrons. The first-order chi connectivity index (χ1) is 12.0. The molecular formula is C19H28N2O4. The Morgan fingerprint density at radius 2 is 2.12 bits per heavy atom. The summed E-state index contributed by atoms with van der Waals surface area (Å²) in [5.41, 5.74) is -0.784. The van der Waals surface area contributed by atoms with Gasteiger partial charge < -0.3 is 19.3 Å². The largest absolute Gasteiger partial charge is 0.389 e. The summed E-state index contributed by atoms with van der Waals surface area (Å²) in [6, 6.07) is 4.99. The van der Waals surface area contributed by atoms with E-state index in [9.17, 15) is 14.7 Å². The van der Waals surface area contributed by atoms with Crippen LogP contribution in [0.4, 0.5) is 0 Å². The summed E-state index contributed by atoms with van der Waals surface area (Å²) in [6.45, 7) is 5.03. The summed E-state index contributed by atoms with van der Waals surface area (Å²) in [7, 11) is 0. The number of amides is 1. The van der Waals surface area contributed by atoms with Crippen molar-refractivity contribution in [3.63, 3.8) is 0 Å². The maximum atomic E-state index is 12.5. The van der Waals surface area contributed by atoms with Crippen LogP contribution >= 0.6 is 0 Å². The van der Waals surface area contributed by atoms with Crippen LogP contribution in [0.1, 0.15) is 32.6 Å². The van der Waals surface area contributed by atoms with Gasteiger partial charge in [-0.1, -0.05) is 13.0 Å². The molecule has 1 aromatic heterocycles. The first kappa shape index (κ1) is 18.1. The van der Waals surface area contributed by atoms with E-state index in [-0.39, 0.29) is 23.3 Å². The summed E-state index contributed by atoms with van der Waals surface area (Å²) >= 11 is 0. The Bertz CT molecular complexity index is 653. The number of hydrogen-bond acceptors (Lipinski definition) is 4. The second kappa shape index (κ2) is 7.70. The predicted molar refractivity (Wildman–Crippen MR) is 94.2 cm³/mol. The third kappa shape index (κ3) is 3.96. The van der Waals surface area contributed by atoms with Crippen LogP contribution in [0.15, 0.2) is 29.2 Å². The molecule has 3 rings (SSSR count). The van der Waals surface area contributed by atoms with Gasteiger partial charge in [-0.05, 0) is 31.2 Å². The van der Waals surface area contributed by atoms with E-state index in [0.29, 0.717) is 45.7 Å². The van der Waals surface area contributed by atoms with E-state index in [1.165, 1.54) is 6.07 Å².